The molecule has 1 amide bonds. The van der Waals surface area contributed by atoms with E-state index in [0.29, 0.717) is 13.2 Å². The van der Waals surface area contributed by atoms with E-state index in [1.807, 2.05) is 29.0 Å². The quantitative estimate of drug-likeness (QED) is 0.805. The van der Waals surface area contributed by atoms with Gasteiger partial charge in [0, 0.05) is 19.6 Å². The van der Waals surface area contributed by atoms with Crippen molar-refractivity contribution in [3.8, 4) is 5.75 Å². The van der Waals surface area contributed by atoms with Crippen molar-refractivity contribution in [3.63, 3.8) is 0 Å². The van der Waals surface area contributed by atoms with Crippen molar-refractivity contribution < 1.29 is 9.53 Å². The van der Waals surface area contributed by atoms with Crippen molar-refractivity contribution in [1.82, 2.24) is 9.80 Å². The Bertz CT molecular complexity index is 461. The van der Waals surface area contributed by atoms with Crippen LogP contribution in [-0.4, -0.2) is 55.5 Å². The van der Waals surface area contributed by atoms with Crippen LogP contribution >= 0.6 is 0 Å². The minimum atomic E-state index is 0.237. The molecule has 4 nitrogen and oxygen atoms in total. The number of ether oxygens (including phenoxy) is 1. The van der Waals surface area contributed by atoms with Crippen LogP contribution in [0.1, 0.15) is 24.0 Å². The summed E-state index contributed by atoms with van der Waals surface area (Å²) in [6.07, 6.45) is 2.29. The lowest BCUT2D eigenvalue weighted by molar-refractivity contribution is -0.131. The highest BCUT2D eigenvalue weighted by atomic mass is 16.5. The van der Waals surface area contributed by atoms with Crippen LogP contribution in [0.2, 0.25) is 0 Å². The summed E-state index contributed by atoms with van der Waals surface area (Å²) in [4.78, 5) is 16.0. The van der Waals surface area contributed by atoms with Crippen molar-refractivity contribution >= 4 is 5.91 Å². The topological polar surface area (TPSA) is 32.8 Å². The van der Waals surface area contributed by atoms with Gasteiger partial charge < -0.3 is 9.64 Å². The predicted octanol–water partition coefficient (Wildman–Crippen LogP) is 2.24. The van der Waals surface area contributed by atoms with E-state index in [4.69, 9.17) is 4.74 Å². The highest BCUT2D eigenvalue weighted by molar-refractivity contribution is 5.78. The zero-order valence-corrected chi connectivity index (χ0v) is 13.4. The molecule has 0 atom stereocenters. The molecule has 0 N–H and O–H groups in total. The second-order valence-electron chi connectivity index (χ2n) is 6.00. The van der Waals surface area contributed by atoms with Crippen LogP contribution in [0, 0.1) is 13.8 Å². The molecule has 1 aliphatic rings. The average Bonchev–Trinajstić information content (AvgIpc) is 2.91. The van der Waals surface area contributed by atoms with Crippen LogP contribution in [0.15, 0.2) is 18.2 Å². The van der Waals surface area contributed by atoms with Crippen LogP contribution in [0.4, 0.5) is 0 Å². The fourth-order valence-electron chi connectivity index (χ4n) is 2.71. The Morgan fingerprint density at radius 3 is 2.43 bits per heavy atom. The Hall–Kier alpha value is -1.55. The first-order valence-electron chi connectivity index (χ1n) is 7.72. The average molecular weight is 290 g/mol. The molecule has 21 heavy (non-hydrogen) atoms. The minimum Gasteiger partial charge on any atom is -0.492 e. The van der Waals surface area contributed by atoms with Gasteiger partial charge in [0.1, 0.15) is 12.4 Å². The van der Waals surface area contributed by atoms with Crippen LogP contribution < -0.4 is 4.74 Å². The Labute approximate surface area is 127 Å². The van der Waals surface area contributed by atoms with E-state index in [-0.39, 0.29) is 5.91 Å². The number of aryl methyl sites for hydroxylation is 2. The number of rotatable bonds is 6. The maximum absolute atomic E-state index is 12.0. The first kappa shape index (κ1) is 15.8. The maximum atomic E-state index is 12.0. The molecule has 1 aliphatic heterocycles. The number of carbonyl (C=O) groups excluding carboxylic acids is 1. The van der Waals surface area contributed by atoms with Crippen molar-refractivity contribution in [1.29, 1.82) is 0 Å². The van der Waals surface area contributed by atoms with E-state index in [1.165, 1.54) is 11.1 Å². The molecule has 0 aromatic heterocycles. The first-order valence-corrected chi connectivity index (χ1v) is 7.72. The van der Waals surface area contributed by atoms with Gasteiger partial charge in [-0.1, -0.05) is 6.07 Å². The fraction of sp³-hybridized carbons (Fsp3) is 0.588. The van der Waals surface area contributed by atoms with Gasteiger partial charge >= 0.3 is 0 Å². The van der Waals surface area contributed by atoms with E-state index in [0.717, 1.165) is 38.2 Å². The number of likely N-dealkylation sites (N-methyl/N-ethyl adjacent to an activating group) is 1. The van der Waals surface area contributed by atoms with Gasteiger partial charge in [-0.25, -0.2) is 0 Å². The monoisotopic (exact) mass is 290 g/mol. The Kier molecular flexibility index (Phi) is 5.62. The van der Waals surface area contributed by atoms with Gasteiger partial charge in [0.25, 0.3) is 0 Å². The second kappa shape index (κ2) is 7.46. The summed E-state index contributed by atoms with van der Waals surface area (Å²) in [5.41, 5.74) is 2.42. The molecule has 0 bridgehead atoms. The summed E-state index contributed by atoms with van der Waals surface area (Å²) < 4.78 is 5.78. The van der Waals surface area contributed by atoms with Gasteiger partial charge in [-0.3, -0.25) is 9.69 Å². The van der Waals surface area contributed by atoms with Gasteiger partial charge in [0.15, 0.2) is 0 Å². The number of carbonyl (C=O) groups is 1. The Balaban J connectivity index is 1.71. The molecule has 1 aromatic carbocycles. The highest BCUT2D eigenvalue weighted by Crippen LogP contribution is 2.16. The fourth-order valence-corrected chi connectivity index (χ4v) is 2.71. The SMILES string of the molecule is Cc1cc(C)cc(OCCN(C)CC(=O)N2CCCC2)c1. The number of amides is 1. The molecule has 0 spiro atoms. The van der Waals surface area contributed by atoms with Gasteiger partial charge in [0.05, 0.1) is 6.54 Å². The number of benzene rings is 1. The Morgan fingerprint density at radius 2 is 1.81 bits per heavy atom. The van der Waals surface area contributed by atoms with Crippen molar-refractivity contribution in [3.05, 3.63) is 29.3 Å². The molecule has 0 unspecified atom stereocenters. The summed E-state index contributed by atoms with van der Waals surface area (Å²) >= 11 is 0. The molecule has 2 rings (SSSR count). The molecular formula is C17H26N2O2. The molecule has 0 radical (unpaired) electrons. The van der Waals surface area contributed by atoms with E-state index in [2.05, 4.69) is 19.9 Å². The third-order valence-corrected chi connectivity index (χ3v) is 3.80. The summed E-state index contributed by atoms with van der Waals surface area (Å²) in [7, 11) is 1.97. The lowest BCUT2D eigenvalue weighted by Gasteiger charge is -2.21. The first-order chi connectivity index (χ1) is 10.0. The lowest BCUT2D eigenvalue weighted by Crippen LogP contribution is -2.38. The molecule has 4 heteroatoms. The summed E-state index contributed by atoms with van der Waals surface area (Å²) in [5.74, 6) is 1.15. The molecule has 1 heterocycles. The zero-order valence-electron chi connectivity index (χ0n) is 13.4. The van der Waals surface area contributed by atoms with E-state index < -0.39 is 0 Å². The number of nitrogens with zero attached hydrogens (tertiary/aromatic N) is 2. The zero-order chi connectivity index (χ0) is 15.2. The van der Waals surface area contributed by atoms with Crippen LogP contribution in [0.25, 0.3) is 0 Å². The molecule has 116 valence electrons. The molecule has 1 aromatic rings. The minimum absolute atomic E-state index is 0.237. The summed E-state index contributed by atoms with van der Waals surface area (Å²) in [6, 6.07) is 6.22. The normalized spacial score (nSPS) is 14.8. The third-order valence-electron chi connectivity index (χ3n) is 3.80. The largest absolute Gasteiger partial charge is 0.492 e. The lowest BCUT2D eigenvalue weighted by atomic mass is 10.1. The summed E-state index contributed by atoms with van der Waals surface area (Å²) in [6.45, 7) is 7.83. The molecule has 0 saturated carbocycles. The van der Waals surface area contributed by atoms with Gasteiger partial charge in [-0.05, 0) is 57.0 Å². The number of hydrogen-bond acceptors (Lipinski definition) is 3. The maximum Gasteiger partial charge on any atom is 0.236 e. The van der Waals surface area contributed by atoms with Gasteiger partial charge in [-0.15, -0.1) is 0 Å². The predicted molar refractivity (Wildman–Crippen MR) is 84.7 cm³/mol. The van der Waals surface area contributed by atoms with Crippen LogP contribution in [0.5, 0.6) is 5.75 Å². The van der Waals surface area contributed by atoms with Crippen LogP contribution in [0.3, 0.4) is 0 Å². The van der Waals surface area contributed by atoms with Gasteiger partial charge in [-0.2, -0.15) is 0 Å². The molecule has 1 saturated heterocycles. The Morgan fingerprint density at radius 1 is 1.19 bits per heavy atom. The molecular weight excluding hydrogens is 264 g/mol. The van der Waals surface area contributed by atoms with E-state index in [1.54, 1.807) is 0 Å². The number of likely N-dealkylation sites (tertiary alicyclic amines) is 1. The van der Waals surface area contributed by atoms with Crippen LogP contribution in [-0.2, 0) is 4.79 Å². The van der Waals surface area contributed by atoms with E-state index >= 15 is 0 Å². The van der Waals surface area contributed by atoms with Crippen molar-refractivity contribution in [2.75, 3.05) is 39.8 Å². The molecule has 1 fully saturated rings. The van der Waals surface area contributed by atoms with Crippen molar-refractivity contribution in [2.24, 2.45) is 0 Å². The third kappa shape index (κ3) is 5.05. The molecule has 0 aliphatic carbocycles. The van der Waals surface area contributed by atoms with Gasteiger partial charge in [0.2, 0.25) is 5.91 Å². The standard InChI is InChI=1S/C17H26N2O2/c1-14-10-15(2)12-16(11-14)21-9-8-18(3)13-17(20)19-6-4-5-7-19/h10-12H,4-9,13H2,1-3H3. The number of hydrogen-bond donors (Lipinski definition) is 0. The summed E-state index contributed by atoms with van der Waals surface area (Å²) in [5, 5.41) is 0. The smallest absolute Gasteiger partial charge is 0.236 e. The highest BCUT2D eigenvalue weighted by Gasteiger charge is 2.18. The second-order valence-corrected chi connectivity index (χ2v) is 6.00. The van der Waals surface area contributed by atoms with Crippen molar-refractivity contribution in [2.45, 2.75) is 26.7 Å². The van der Waals surface area contributed by atoms with E-state index in [9.17, 15) is 4.79 Å².